The van der Waals surface area contributed by atoms with Gasteiger partial charge in [-0.1, -0.05) is 26.0 Å². The van der Waals surface area contributed by atoms with Crippen LogP contribution in [-0.4, -0.2) is 25.3 Å². The van der Waals surface area contributed by atoms with Crippen LogP contribution in [-0.2, 0) is 4.74 Å². The van der Waals surface area contributed by atoms with E-state index < -0.39 is 0 Å². The van der Waals surface area contributed by atoms with Crippen LogP contribution < -0.4 is 5.32 Å². The van der Waals surface area contributed by atoms with Crippen LogP contribution in [0.2, 0.25) is 0 Å². The third-order valence-electron chi connectivity index (χ3n) is 3.26. The summed E-state index contributed by atoms with van der Waals surface area (Å²) in [6.45, 7) is 10.5. The van der Waals surface area contributed by atoms with Gasteiger partial charge in [-0.2, -0.15) is 0 Å². The Morgan fingerprint density at radius 3 is 2.71 bits per heavy atom. The maximum atomic E-state index is 5.67. The van der Waals surface area contributed by atoms with E-state index >= 15 is 0 Å². The van der Waals surface area contributed by atoms with Crippen LogP contribution in [0.25, 0.3) is 0 Å². The monoisotopic (exact) mass is 197 g/mol. The first kappa shape index (κ1) is 11.7. The van der Waals surface area contributed by atoms with E-state index in [4.69, 9.17) is 4.74 Å². The van der Waals surface area contributed by atoms with Crippen molar-refractivity contribution >= 4 is 0 Å². The van der Waals surface area contributed by atoms with Crippen LogP contribution in [0.4, 0.5) is 0 Å². The normalized spacial score (nSPS) is 30.6. The Morgan fingerprint density at radius 2 is 2.21 bits per heavy atom. The fourth-order valence-electron chi connectivity index (χ4n) is 2.04. The Balaban J connectivity index is 2.30. The maximum absolute atomic E-state index is 5.67. The molecule has 1 fully saturated rings. The van der Waals surface area contributed by atoms with Crippen molar-refractivity contribution in [2.45, 2.75) is 46.3 Å². The molecule has 1 rings (SSSR count). The molecule has 0 aromatic heterocycles. The van der Waals surface area contributed by atoms with Crippen molar-refractivity contribution in [1.29, 1.82) is 0 Å². The third kappa shape index (κ3) is 2.37. The lowest BCUT2D eigenvalue weighted by Crippen LogP contribution is -2.60. The van der Waals surface area contributed by atoms with Crippen LogP contribution in [0.15, 0.2) is 12.2 Å². The van der Waals surface area contributed by atoms with Gasteiger partial charge in [0.2, 0.25) is 0 Å². The quantitative estimate of drug-likeness (QED) is 0.683. The lowest BCUT2D eigenvalue weighted by atomic mass is 9.64. The van der Waals surface area contributed by atoms with E-state index in [-0.39, 0.29) is 5.41 Å². The SMILES string of the molecule is C/C=C/CNC1CC(OCC)C1(C)C. The summed E-state index contributed by atoms with van der Waals surface area (Å²) in [6.07, 6.45) is 5.83. The second-order valence-corrected chi connectivity index (χ2v) is 4.53. The van der Waals surface area contributed by atoms with Gasteiger partial charge < -0.3 is 10.1 Å². The Morgan fingerprint density at radius 1 is 1.50 bits per heavy atom. The van der Waals surface area contributed by atoms with Gasteiger partial charge >= 0.3 is 0 Å². The first-order chi connectivity index (χ1) is 6.62. The van der Waals surface area contributed by atoms with Gasteiger partial charge in [0.15, 0.2) is 0 Å². The summed E-state index contributed by atoms with van der Waals surface area (Å²) in [6, 6.07) is 0.607. The number of hydrogen-bond acceptors (Lipinski definition) is 2. The topological polar surface area (TPSA) is 21.3 Å². The summed E-state index contributed by atoms with van der Waals surface area (Å²) in [4.78, 5) is 0. The minimum atomic E-state index is 0.289. The summed E-state index contributed by atoms with van der Waals surface area (Å²) < 4.78 is 5.67. The molecule has 0 saturated heterocycles. The highest BCUT2D eigenvalue weighted by Crippen LogP contribution is 2.42. The molecule has 0 aliphatic heterocycles. The van der Waals surface area contributed by atoms with Crippen LogP contribution in [0, 0.1) is 5.41 Å². The molecule has 1 saturated carbocycles. The molecule has 2 unspecified atom stereocenters. The van der Waals surface area contributed by atoms with E-state index in [9.17, 15) is 0 Å². The van der Waals surface area contributed by atoms with Crippen LogP contribution in [0.5, 0.6) is 0 Å². The molecule has 0 bridgehead atoms. The zero-order chi connectivity index (χ0) is 10.6. The predicted octanol–water partition coefficient (Wildman–Crippen LogP) is 2.36. The van der Waals surface area contributed by atoms with Crippen molar-refractivity contribution < 1.29 is 4.74 Å². The summed E-state index contributed by atoms with van der Waals surface area (Å²) in [5.41, 5.74) is 0.289. The highest BCUT2D eigenvalue weighted by Gasteiger charge is 2.48. The first-order valence-electron chi connectivity index (χ1n) is 5.59. The molecule has 0 spiro atoms. The molecule has 0 aromatic rings. The van der Waals surface area contributed by atoms with Crippen LogP contribution >= 0.6 is 0 Å². The van der Waals surface area contributed by atoms with Crippen molar-refractivity contribution in [1.82, 2.24) is 5.32 Å². The molecule has 0 aromatic carbocycles. The van der Waals surface area contributed by atoms with E-state index in [2.05, 4.69) is 45.2 Å². The van der Waals surface area contributed by atoms with E-state index in [1.807, 2.05) is 0 Å². The van der Waals surface area contributed by atoms with Gasteiger partial charge in [0.25, 0.3) is 0 Å². The van der Waals surface area contributed by atoms with Crippen molar-refractivity contribution in [2.24, 2.45) is 5.41 Å². The van der Waals surface area contributed by atoms with Crippen molar-refractivity contribution in [2.75, 3.05) is 13.2 Å². The van der Waals surface area contributed by atoms with Crippen molar-refractivity contribution in [3.05, 3.63) is 12.2 Å². The zero-order valence-corrected chi connectivity index (χ0v) is 9.84. The van der Waals surface area contributed by atoms with Crippen molar-refractivity contribution in [3.8, 4) is 0 Å². The second-order valence-electron chi connectivity index (χ2n) is 4.53. The van der Waals surface area contributed by atoms with Gasteiger partial charge in [0.1, 0.15) is 0 Å². The lowest BCUT2D eigenvalue weighted by Gasteiger charge is -2.51. The smallest absolute Gasteiger partial charge is 0.0655 e. The van der Waals surface area contributed by atoms with Gasteiger partial charge in [0.05, 0.1) is 6.10 Å². The summed E-state index contributed by atoms with van der Waals surface area (Å²) in [5.74, 6) is 0. The van der Waals surface area contributed by atoms with E-state index in [0.717, 1.165) is 19.6 Å². The average Bonchev–Trinajstić information content (AvgIpc) is 2.15. The van der Waals surface area contributed by atoms with Gasteiger partial charge in [-0.3, -0.25) is 0 Å². The second kappa shape index (κ2) is 4.94. The highest BCUT2D eigenvalue weighted by atomic mass is 16.5. The van der Waals surface area contributed by atoms with Gasteiger partial charge in [-0.25, -0.2) is 0 Å². The molecule has 82 valence electrons. The number of hydrogen-bond donors (Lipinski definition) is 1. The predicted molar refractivity (Wildman–Crippen MR) is 60.4 cm³/mol. The van der Waals surface area contributed by atoms with E-state index in [1.165, 1.54) is 0 Å². The minimum absolute atomic E-state index is 0.289. The van der Waals surface area contributed by atoms with Crippen molar-refractivity contribution in [3.63, 3.8) is 0 Å². The molecule has 2 nitrogen and oxygen atoms in total. The Bertz CT molecular complexity index is 198. The molecule has 14 heavy (non-hydrogen) atoms. The molecular weight excluding hydrogens is 174 g/mol. The molecule has 2 heteroatoms. The Labute approximate surface area is 87.7 Å². The zero-order valence-electron chi connectivity index (χ0n) is 9.84. The Kier molecular flexibility index (Phi) is 4.14. The fourth-order valence-corrected chi connectivity index (χ4v) is 2.04. The maximum Gasteiger partial charge on any atom is 0.0655 e. The summed E-state index contributed by atoms with van der Waals surface area (Å²) >= 11 is 0. The summed E-state index contributed by atoms with van der Waals surface area (Å²) in [5, 5.41) is 3.53. The summed E-state index contributed by atoms with van der Waals surface area (Å²) in [7, 11) is 0. The lowest BCUT2D eigenvalue weighted by molar-refractivity contribution is -0.113. The number of rotatable bonds is 5. The largest absolute Gasteiger partial charge is 0.378 e. The van der Waals surface area contributed by atoms with E-state index in [1.54, 1.807) is 0 Å². The molecular formula is C12H23NO. The molecule has 1 aliphatic rings. The number of ether oxygens (including phenoxy) is 1. The first-order valence-corrected chi connectivity index (χ1v) is 5.59. The fraction of sp³-hybridized carbons (Fsp3) is 0.833. The van der Waals surface area contributed by atoms with Gasteiger partial charge in [-0.05, 0) is 20.3 Å². The highest BCUT2D eigenvalue weighted by molar-refractivity contribution is 5.03. The number of nitrogens with one attached hydrogen (secondary N) is 1. The average molecular weight is 197 g/mol. The third-order valence-corrected chi connectivity index (χ3v) is 3.26. The minimum Gasteiger partial charge on any atom is -0.378 e. The molecule has 0 heterocycles. The van der Waals surface area contributed by atoms with Crippen LogP contribution in [0.3, 0.4) is 0 Å². The molecule has 0 amide bonds. The Hall–Kier alpha value is -0.340. The number of allylic oxidation sites excluding steroid dienone is 1. The molecule has 0 radical (unpaired) electrons. The van der Waals surface area contributed by atoms with E-state index in [0.29, 0.717) is 12.1 Å². The standard InChI is InChI=1S/C12H23NO/c1-5-7-8-13-10-9-11(14-6-2)12(10,3)4/h5,7,10-11,13H,6,8-9H2,1-4H3/b7-5+. The van der Waals surface area contributed by atoms with Gasteiger partial charge in [0, 0.05) is 24.6 Å². The molecule has 1 aliphatic carbocycles. The molecule has 1 N–H and O–H groups in total. The van der Waals surface area contributed by atoms with Crippen LogP contribution in [0.1, 0.15) is 34.1 Å². The molecule has 2 atom stereocenters. The van der Waals surface area contributed by atoms with Gasteiger partial charge in [-0.15, -0.1) is 0 Å².